The number of methoxy groups -OCH3 is 1. The molecule has 0 unspecified atom stereocenters. The summed E-state index contributed by atoms with van der Waals surface area (Å²) in [7, 11) is 1.57. The van der Waals surface area contributed by atoms with Gasteiger partial charge in [0, 0.05) is 4.47 Å². The highest BCUT2D eigenvalue weighted by Gasteiger charge is 2.11. The van der Waals surface area contributed by atoms with Gasteiger partial charge >= 0.3 is 0 Å². The molecule has 2 aromatic rings. The molecule has 0 atom stereocenters. The highest BCUT2D eigenvalue weighted by atomic mass is 79.9. The maximum Gasteiger partial charge on any atom is 0.143 e. The first-order valence-electron chi connectivity index (χ1n) is 5.37. The average molecular weight is 362 g/mol. The standard InChI is InChI=1S/C13H11BrCl2N2O/c1-19-10-4-2-3-9(13(10)17)18-8-6-5-7(14)11(15)12(8)16/h2-6,18H,17H2,1H3. The first-order chi connectivity index (χ1) is 9.04. The van der Waals surface area contributed by atoms with E-state index in [0.29, 0.717) is 32.9 Å². The molecule has 0 saturated heterocycles. The average Bonchev–Trinajstić information content (AvgIpc) is 2.41. The van der Waals surface area contributed by atoms with Crippen molar-refractivity contribution in [3.63, 3.8) is 0 Å². The van der Waals surface area contributed by atoms with Crippen molar-refractivity contribution in [2.75, 3.05) is 18.2 Å². The number of hydrogen-bond acceptors (Lipinski definition) is 3. The second kappa shape index (κ2) is 5.90. The van der Waals surface area contributed by atoms with Crippen LogP contribution in [0, 0.1) is 0 Å². The van der Waals surface area contributed by atoms with Crippen LogP contribution in [0.4, 0.5) is 17.1 Å². The van der Waals surface area contributed by atoms with Gasteiger partial charge in [-0.25, -0.2) is 0 Å². The highest BCUT2D eigenvalue weighted by Crippen LogP contribution is 2.39. The molecule has 0 saturated carbocycles. The quantitative estimate of drug-likeness (QED) is 0.591. The molecule has 2 aromatic carbocycles. The van der Waals surface area contributed by atoms with Gasteiger partial charge in [-0.1, -0.05) is 29.3 Å². The molecule has 0 amide bonds. The van der Waals surface area contributed by atoms with Gasteiger partial charge < -0.3 is 15.8 Å². The monoisotopic (exact) mass is 360 g/mol. The number of para-hydroxylation sites is 1. The van der Waals surface area contributed by atoms with Gasteiger partial charge in [0.2, 0.25) is 0 Å². The summed E-state index contributed by atoms with van der Waals surface area (Å²) >= 11 is 15.6. The van der Waals surface area contributed by atoms with Crippen LogP contribution in [0.2, 0.25) is 10.0 Å². The van der Waals surface area contributed by atoms with Crippen molar-refractivity contribution < 1.29 is 4.74 Å². The normalized spacial score (nSPS) is 10.3. The Hall–Kier alpha value is -1.10. The fourth-order valence-electron chi connectivity index (χ4n) is 1.60. The number of nitrogen functional groups attached to an aromatic ring is 1. The third kappa shape index (κ3) is 2.91. The molecule has 0 bridgehead atoms. The molecule has 2 rings (SSSR count). The summed E-state index contributed by atoms with van der Waals surface area (Å²) in [6.45, 7) is 0. The molecule has 3 nitrogen and oxygen atoms in total. The molecule has 19 heavy (non-hydrogen) atoms. The second-order valence-electron chi connectivity index (χ2n) is 3.77. The zero-order valence-electron chi connectivity index (χ0n) is 10.0. The van der Waals surface area contributed by atoms with Crippen LogP contribution in [0.25, 0.3) is 0 Å². The van der Waals surface area contributed by atoms with Gasteiger partial charge in [-0.15, -0.1) is 0 Å². The Morgan fingerprint density at radius 3 is 2.53 bits per heavy atom. The van der Waals surface area contributed by atoms with Crippen LogP contribution in [-0.2, 0) is 0 Å². The van der Waals surface area contributed by atoms with Crippen LogP contribution in [0.3, 0.4) is 0 Å². The first-order valence-corrected chi connectivity index (χ1v) is 6.92. The van der Waals surface area contributed by atoms with Crippen LogP contribution in [0.1, 0.15) is 0 Å². The van der Waals surface area contributed by atoms with Gasteiger partial charge in [0.15, 0.2) is 0 Å². The van der Waals surface area contributed by atoms with Crippen LogP contribution in [0.5, 0.6) is 5.75 Å². The van der Waals surface area contributed by atoms with E-state index in [1.165, 1.54) is 0 Å². The summed E-state index contributed by atoms with van der Waals surface area (Å²) in [4.78, 5) is 0. The maximum absolute atomic E-state index is 6.18. The molecule has 0 radical (unpaired) electrons. The Kier molecular flexibility index (Phi) is 4.45. The maximum atomic E-state index is 6.18. The minimum absolute atomic E-state index is 0.429. The van der Waals surface area contributed by atoms with Crippen LogP contribution >= 0.6 is 39.1 Å². The lowest BCUT2D eigenvalue weighted by atomic mass is 10.2. The van der Waals surface area contributed by atoms with Crippen molar-refractivity contribution >= 4 is 56.2 Å². The van der Waals surface area contributed by atoms with Crippen molar-refractivity contribution in [2.45, 2.75) is 0 Å². The number of ether oxygens (including phenoxy) is 1. The van der Waals surface area contributed by atoms with E-state index in [1.54, 1.807) is 13.2 Å². The van der Waals surface area contributed by atoms with Gasteiger partial charge in [-0.3, -0.25) is 0 Å². The summed E-state index contributed by atoms with van der Waals surface area (Å²) in [6.07, 6.45) is 0. The molecule has 0 fully saturated rings. The number of rotatable bonds is 3. The molecule has 0 heterocycles. The van der Waals surface area contributed by atoms with E-state index in [4.69, 9.17) is 33.7 Å². The van der Waals surface area contributed by atoms with Crippen molar-refractivity contribution in [1.82, 2.24) is 0 Å². The third-order valence-corrected chi connectivity index (χ3v) is 4.36. The summed E-state index contributed by atoms with van der Waals surface area (Å²) < 4.78 is 5.90. The predicted molar refractivity (Wildman–Crippen MR) is 84.9 cm³/mol. The fourth-order valence-corrected chi connectivity index (χ4v) is 2.42. The van der Waals surface area contributed by atoms with E-state index in [-0.39, 0.29) is 0 Å². The molecule has 0 spiro atoms. The molecule has 3 N–H and O–H groups in total. The Morgan fingerprint density at radius 1 is 1.11 bits per heavy atom. The number of anilines is 3. The summed E-state index contributed by atoms with van der Waals surface area (Å²) in [5.41, 5.74) is 7.88. The highest BCUT2D eigenvalue weighted by molar-refractivity contribution is 9.10. The Morgan fingerprint density at radius 2 is 1.84 bits per heavy atom. The van der Waals surface area contributed by atoms with E-state index in [2.05, 4.69) is 21.2 Å². The molecular weight excluding hydrogens is 351 g/mol. The van der Waals surface area contributed by atoms with Gasteiger partial charge in [-0.2, -0.15) is 0 Å². The molecule has 6 heteroatoms. The van der Waals surface area contributed by atoms with Gasteiger partial charge in [0.05, 0.1) is 34.2 Å². The topological polar surface area (TPSA) is 47.3 Å². The first kappa shape index (κ1) is 14.3. The zero-order chi connectivity index (χ0) is 14.0. The van der Waals surface area contributed by atoms with Crippen molar-refractivity contribution in [2.24, 2.45) is 0 Å². The largest absolute Gasteiger partial charge is 0.495 e. The minimum Gasteiger partial charge on any atom is -0.495 e. The third-order valence-electron chi connectivity index (χ3n) is 2.59. The van der Waals surface area contributed by atoms with Gasteiger partial charge in [-0.05, 0) is 40.2 Å². The second-order valence-corrected chi connectivity index (χ2v) is 5.38. The molecular formula is C13H11BrCl2N2O. The van der Waals surface area contributed by atoms with E-state index >= 15 is 0 Å². The Balaban J connectivity index is 2.39. The van der Waals surface area contributed by atoms with Crippen LogP contribution < -0.4 is 15.8 Å². The number of halogens is 3. The molecule has 0 aliphatic carbocycles. The molecule has 0 aliphatic heterocycles. The number of hydrogen-bond donors (Lipinski definition) is 2. The number of benzene rings is 2. The van der Waals surface area contributed by atoms with Crippen molar-refractivity contribution in [1.29, 1.82) is 0 Å². The Bertz CT molecular complexity index is 620. The minimum atomic E-state index is 0.429. The summed E-state index contributed by atoms with van der Waals surface area (Å²) in [5, 5.41) is 4.02. The fraction of sp³-hybridized carbons (Fsp3) is 0.0769. The van der Waals surface area contributed by atoms with E-state index in [9.17, 15) is 0 Å². The van der Waals surface area contributed by atoms with E-state index in [0.717, 1.165) is 4.47 Å². The van der Waals surface area contributed by atoms with E-state index < -0.39 is 0 Å². The predicted octanol–water partition coefficient (Wildman–Crippen LogP) is 5.09. The van der Waals surface area contributed by atoms with Crippen LogP contribution in [0.15, 0.2) is 34.8 Å². The lowest BCUT2D eigenvalue weighted by Gasteiger charge is -2.14. The molecule has 0 aromatic heterocycles. The Labute approximate surface area is 129 Å². The number of nitrogens with two attached hydrogens (primary N) is 1. The summed E-state index contributed by atoms with van der Waals surface area (Å²) in [5.74, 6) is 0.601. The zero-order valence-corrected chi connectivity index (χ0v) is 13.1. The van der Waals surface area contributed by atoms with Crippen LogP contribution in [-0.4, -0.2) is 7.11 Å². The van der Waals surface area contributed by atoms with E-state index in [1.807, 2.05) is 24.3 Å². The van der Waals surface area contributed by atoms with Crippen molar-refractivity contribution in [3.05, 3.63) is 44.8 Å². The lowest BCUT2D eigenvalue weighted by molar-refractivity contribution is 0.417. The number of nitrogens with one attached hydrogen (secondary N) is 1. The molecule has 100 valence electrons. The smallest absolute Gasteiger partial charge is 0.143 e. The van der Waals surface area contributed by atoms with Gasteiger partial charge in [0.1, 0.15) is 5.75 Å². The van der Waals surface area contributed by atoms with Gasteiger partial charge in [0.25, 0.3) is 0 Å². The lowest BCUT2D eigenvalue weighted by Crippen LogP contribution is -1.99. The summed E-state index contributed by atoms with van der Waals surface area (Å²) in [6, 6.07) is 9.09. The molecule has 0 aliphatic rings. The SMILES string of the molecule is COc1cccc(Nc2ccc(Br)c(Cl)c2Cl)c1N. The van der Waals surface area contributed by atoms with Crippen molar-refractivity contribution in [3.8, 4) is 5.75 Å².